The maximum Gasteiger partial charge on any atom is 0.240 e. The summed E-state index contributed by atoms with van der Waals surface area (Å²) in [5.74, 6) is -0.0183. The van der Waals surface area contributed by atoms with Crippen LogP contribution >= 0.6 is 11.3 Å². The Balaban J connectivity index is 1.81. The normalized spacial score (nSPS) is 24.1. The summed E-state index contributed by atoms with van der Waals surface area (Å²) in [6.07, 6.45) is 2.22. The van der Waals surface area contributed by atoms with Crippen LogP contribution in [0, 0.1) is 6.92 Å². The molecule has 0 aromatic carbocycles. The number of hydrogen-bond donors (Lipinski definition) is 1. The van der Waals surface area contributed by atoms with Crippen LogP contribution in [0.4, 0.5) is 5.13 Å². The van der Waals surface area contributed by atoms with Crippen LogP contribution in [0.3, 0.4) is 0 Å². The van der Waals surface area contributed by atoms with Crippen molar-refractivity contribution in [3.05, 3.63) is 5.01 Å². The number of nitrogens with zero attached hydrogens (tertiary/aromatic N) is 4. The van der Waals surface area contributed by atoms with Crippen LogP contribution < -0.4 is 5.32 Å². The van der Waals surface area contributed by atoms with Crippen molar-refractivity contribution in [1.82, 2.24) is 20.0 Å². The molecule has 1 saturated heterocycles. The smallest absolute Gasteiger partial charge is 0.240 e. The first-order valence-electron chi connectivity index (χ1n) is 6.96. The molecule has 1 fully saturated rings. The molecule has 0 saturated carbocycles. The molecule has 1 aliphatic rings. The number of likely N-dealkylation sites (N-methyl/N-ethyl adjacent to an activating group) is 1. The van der Waals surface area contributed by atoms with Gasteiger partial charge in [0, 0.05) is 12.1 Å². The molecule has 1 aliphatic heterocycles. The lowest BCUT2D eigenvalue weighted by atomic mass is 9.98. The monoisotopic (exact) mass is 297 g/mol. The fourth-order valence-electron chi connectivity index (χ4n) is 2.53. The van der Waals surface area contributed by atoms with Crippen LogP contribution in [0.25, 0.3) is 0 Å². The highest BCUT2D eigenvalue weighted by Crippen LogP contribution is 2.19. The minimum atomic E-state index is -0.0183. The Labute approximate surface area is 124 Å². The third-order valence-electron chi connectivity index (χ3n) is 3.97. The Kier molecular flexibility index (Phi) is 5.06. The van der Waals surface area contributed by atoms with Crippen molar-refractivity contribution in [3.63, 3.8) is 0 Å². The van der Waals surface area contributed by atoms with Gasteiger partial charge in [0.2, 0.25) is 11.0 Å². The quantitative estimate of drug-likeness (QED) is 0.905. The van der Waals surface area contributed by atoms with E-state index in [0.717, 1.165) is 24.4 Å². The average Bonchev–Trinajstić information content (AvgIpc) is 2.77. The van der Waals surface area contributed by atoms with E-state index in [0.29, 0.717) is 23.8 Å². The van der Waals surface area contributed by atoms with E-state index in [1.807, 2.05) is 14.0 Å². The lowest BCUT2D eigenvalue weighted by Crippen LogP contribution is -2.48. The molecule has 0 aliphatic carbocycles. The molecule has 2 atom stereocenters. The second kappa shape index (κ2) is 6.60. The fourth-order valence-corrected chi connectivity index (χ4v) is 3.13. The summed E-state index contributed by atoms with van der Waals surface area (Å²) in [7, 11) is 4.18. The highest BCUT2D eigenvalue weighted by atomic mass is 32.1. The van der Waals surface area contributed by atoms with Gasteiger partial charge in [-0.2, -0.15) is 0 Å². The van der Waals surface area contributed by atoms with Crippen LogP contribution in [-0.2, 0) is 4.79 Å². The Bertz CT molecular complexity index is 463. The van der Waals surface area contributed by atoms with Gasteiger partial charge in [-0.25, -0.2) is 0 Å². The number of hydrogen-bond acceptors (Lipinski definition) is 6. The van der Waals surface area contributed by atoms with E-state index in [4.69, 9.17) is 0 Å². The van der Waals surface area contributed by atoms with Gasteiger partial charge in [-0.3, -0.25) is 15.0 Å². The first kappa shape index (κ1) is 15.3. The van der Waals surface area contributed by atoms with Crippen LogP contribution in [0.5, 0.6) is 0 Å². The molecule has 0 radical (unpaired) electrons. The number of amides is 1. The molecule has 0 bridgehead atoms. The Morgan fingerprint density at radius 3 is 2.90 bits per heavy atom. The number of carbonyl (C=O) groups excluding carboxylic acids is 1. The summed E-state index contributed by atoms with van der Waals surface area (Å²) in [6, 6.07) is 1.05. The molecule has 6 nitrogen and oxygen atoms in total. The molecule has 1 aromatic rings. The zero-order valence-corrected chi connectivity index (χ0v) is 13.4. The molecular formula is C13H23N5OS. The van der Waals surface area contributed by atoms with Crippen molar-refractivity contribution in [1.29, 1.82) is 0 Å². The fraction of sp³-hybridized carbons (Fsp3) is 0.769. The van der Waals surface area contributed by atoms with Crippen molar-refractivity contribution >= 4 is 22.4 Å². The molecule has 1 amide bonds. The largest absolute Gasteiger partial charge is 0.304 e. The van der Waals surface area contributed by atoms with E-state index in [1.165, 1.54) is 11.3 Å². The third-order valence-corrected chi connectivity index (χ3v) is 4.72. The number of aromatic nitrogens is 2. The third kappa shape index (κ3) is 3.97. The van der Waals surface area contributed by atoms with Crippen molar-refractivity contribution in [2.75, 3.05) is 32.5 Å². The van der Waals surface area contributed by atoms with Crippen molar-refractivity contribution in [2.45, 2.75) is 38.8 Å². The van der Waals surface area contributed by atoms with Gasteiger partial charge >= 0.3 is 0 Å². The van der Waals surface area contributed by atoms with Crippen LogP contribution in [0.2, 0.25) is 0 Å². The molecule has 2 heterocycles. The first-order valence-corrected chi connectivity index (χ1v) is 7.78. The number of piperidine rings is 1. The second-order valence-electron chi connectivity index (χ2n) is 5.60. The number of rotatable bonds is 4. The predicted octanol–water partition coefficient (Wildman–Crippen LogP) is 1.20. The van der Waals surface area contributed by atoms with Crippen molar-refractivity contribution in [3.8, 4) is 0 Å². The molecule has 1 N–H and O–H groups in total. The highest BCUT2D eigenvalue weighted by molar-refractivity contribution is 7.15. The molecule has 0 spiro atoms. The number of aryl methyl sites for hydroxylation is 1. The molecular weight excluding hydrogens is 274 g/mol. The summed E-state index contributed by atoms with van der Waals surface area (Å²) in [4.78, 5) is 16.5. The Morgan fingerprint density at radius 2 is 2.30 bits per heavy atom. The van der Waals surface area contributed by atoms with Gasteiger partial charge in [-0.1, -0.05) is 11.3 Å². The zero-order chi connectivity index (χ0) is 14.7. The number of likely N-dealkylation sites (tertiary alicyclic amines) is 1. The zero-order valence-electron chi connectivity index (χ0n) is 12.6. The van der Waals surface area contributed by atoms with Gasteiger partial charge in [0.25, 0.3) is 0 Å². The summed E-state index contributed by atoms with van der Waals surface area (Å²) >= 11 is 1.40. The first-order chi connectivity index (χ1) is 9.45. The molecule has 1 aromatic heterocycles. The second-order valence-corrected chi connectivity index (χ2v) is 6.78. The van der Waals surface area contributed by atoms with Crippen molar-refractivity contribution in [2.24, 2.45) is 0 Å². The van der Waals surface area contributed by atoms with Gasteiger partial charge in [-0.15, -0.1) is 10.2 Å². The maximum absolute atomic E-state index is 12.0. The van der Waals surface area contributed by atoms with Gasteiger partial charge in [0.05, 0.1) is 6.54 Å². The molecule has 112 valence electrons. The van der Waals surface area contributed by atoms with E-state index in [-0.39, 0.29) is 5.91 Å². The SMILES string of the molecule is Cc1nnc(NC(=O)CN(C)[C@H]2CCN(C)[C@H](C)C2)s1. The summed E-state index contributed by atoms with van der Waals surface area (Å²) in [6.45, 7) is 5.61. The molecule has 20 heavy (non-hydrogen) atoms. The topological polar surface area (TPSA) is 61.4 Å². The van der Waals surface area contributed by atoms with E-state index in [9.17, 15) is 4.79 Å². The summed E-state index contributed by atoms with van der Waals surface area (Å²) < 4.78 is 0. The molecule has 0 unspecified atom stereocenters. The predicted molar refractivity (Wildman–Crippen MR) is 81.0 cm³/mol. The van der Waals surface area contributed by atoms with Crippen molar-refractivity contribution < 1.29 is 4.79 Å². The molecule has 7 heteroatoms. The number of nitrogens with one attached hydrogen (secondary N) is 1. The van der Waals surface area contributed by atoms with Gasteiger partial charge in [0.15, 0.2) is 0 Å². The van der Waals surface area contributed by atoms with Gasteiger partial charge in [0.1, 0.15) is 5.01 Å². The van der Waals surface area contributed by atoms with Crippen LogP contribution in [0.1, 0.15) is 24.8 Å². The average molecular weight is 297 g/mol. The van der Waals surface area contributed by atoms with Gasteiger partial charge in [-0.05, 0) is 47.3 Å². The molecule has 2 rings (SSSR count). The van der Waals surface area contributed by atoms with E-state index in [2.05, 4.69) is 39.3 Å². The lowest BCUT2D eigenvalue weighted by molar-refractivity contribution is -0.117. The lowest BCUT2D eigenvalue weighted by Gasteiger charge is -2.39. The van der Waals surface area contributed by atoms with E-state index < -0.39 is 0 Å². The Hall–Kier alpha value is -1.05. The minimum absolute atomic E-state index is 0.0183. The Morgan fingerprint density at radius 1 is 1.55 bits per heavy atom. The van der Waals surface area contributed by atoms with Crippen LogP contribution in [-0.4, -0.2) is 65.2 Å². The summed E-state index contributed by atoms with van der Waals surface area (Å²) in [5.41, 5.74) is 0. The van der Waals surface area contributed by atoms with E-state index in [1.54, 1.807) is 0 Å². The van der Waals surface area contributed by atoms with E-state index >= 15 is 0 Å². The summed E-state index contributed by atoms with van der Waals surface area (Å²) in [5, 5.41) is 12.0. The standard InChI is InChI=1S/C13H23N5OS/c1-9-7-11(5-6-17(9)3)18(4)8-12(19)14-13-16-15-10(2)20-13/h9,11H,5-8H2,1-4H3,(H,14,16,19)/t9-,11+/m1/s1. The number of carbonyl (C=O) groups is 1. The van der Waals surface area contributed by atoms with Gasteiger partial charge < -0.3 is 4.90 Å². The highest BCUT2D eigenvalue weighted by Gasteiger charge is 2.26. The maximum atomic E-state index is 12.0. The number of anilines is 1. The van der Waals surface area contributed by atoms with Crippen LogP contribution in [0.15, 0.2) is 0 Å². The minimum Gasteiger partial charge on any atom is -0.304 e.